The first kappa shape index (κ1) is 13.6. The summed E-state index contributed by atoms with van der Waals surface area (Å²) in [6, 6.07) is 14.9. The minimum atomic E-state index is -0.0293. The molecule has 2 aromatic carbocycles. The van der Waals surface area contributed by atoms with Crippen molar-refractivity contribution in [1.29, 1.82) is 0 Å². The molecule has 0 bridgehead atoms. The van der Waals surface area contributed by atoms with Crippen LogP contribution in [0.3, 0.4) is 0 Å². The highest BCUT2D eigenvalue weighted by molar-refractivity contribution is 9.10. The molecule has 0 unspecified atom stereocenters. The lowest BCUT2D eigenvalue weighted by atomic mass is 10.1. The fourth-order valence-electron chi connectivity index (χ4n) is 1.68. The highest BCUT2D eigenvalue weighted by atomic mass is 79.9. The van der Waals surface area contributed by atoms with Crippen molar-refractivity contribution in [2.24, 2.45) is 0 Å². The van der Waals surface area contributed by atoms with Gasteiger partial charge in [-0.15, -0.1) is 0 Å². The van der Waals surface area contributed by atoms with Gasteiger partial charge in [-0.3, -0.25) is 4.79 Å². The summed E-state index contributed by atoms with van der Waals surface area (Å²) in [6.45, 7) is 0. The van der Waals surface area contributed by atoms with Gasteiger partial charge >= 0.3 is 0 Å². The molecule has 0 radical (unpaired) electrons. The Bertz CT molecular complexity index is 600. The number of benzene rings is 2. The van der Waals surface area contributed by atoms with Crippen LogP contribution in [0, 0.1) is 0 Å². The molecule has 0 saturated carbocycles. The molecule has 96 valence electrons. The zero-order chi connectivity index (χ0) is 13.7. The third-order valence-corrected chi connectivity index (χ3v) is 3.21. The summed E-state index contributed by atoms with van der Waals surface area (Å²) < 4.78 is 6.19. The van der Waals surface area contributed by atoms with Gasteiger partial charge in [0.15, 0.2) is 5.78 Å². The third-order valence-electron chi connectivity index (χ3n) is 2.68. The number of hydrogen-bond donors (Lipinski definition) is 0. The molecular formula is C16H13BrO2. The second-order valence-corrected chi connectivity index (χ2v) is 4.86. The van der Waals surface area contributed by atoms with Crippen LogP contribution in [0.1, 0.15) is 15.9 Å². The van der Waals surface area contributed by atoms with Crippen molar-refractivity contribution in [3.05, 3.63) is 70.2 Å². The summed E-state index contributed by atoms with van der Waals surface area (Å²) in [5.41, 5.74) is 1.55. The Morgan fingerprint density at radius 2 is 1.79 bits per heavy atom. The van der Waals surface area contributed by atoms with E-state index in [4.69, 9.17) is 4.74 Å². The quantitative estimate of drug-likeness (QED) is 0.619. The third kappa shape index (κ3) is 3.55. The number of hydrogen-bond acceptors (Lipinski definition) is 2. The predicted molar refractivity (Wildman–Crippen MR) is 80.5 cm³/mol. The molecule has 3 heteroatoms. The molecule has 0 saturated heterocycles. The number of carbonyl (C=O) groups is 1. The van der Waals surface area contributed by atoms with Crippen LogP contribution in [-0.4, -0.2) is 12.9 Å². The maximum Gasteiger partial charge on any atom is 0.185 e. The summed E-state index contributed by atoms with van der Waals surface area (Å²) >= 11 is 3.34. The molecule has 0 N–H and O–H groups in total. The second-order valence-electron chi connectivity index (χ2n) is 3.95. The van der Waals surface area contributed by atoms with Crippen LogP contribution in [0.5, 0.6) is 5.75 Å². The molecule has 0 atom stereocenters. The Balaban J connectivity index is 2.18. The van der Waals surface area contributed by atoms with E-state index in [2.05, 4.69) is 15.9 Å². The fourth-order valence-corrected chi connectivity index (χ4v) is 1.94. The van der Waals surface area contributed by atoms with Crippen LogP contribution in [0.4, 0.5) is 0 Å². The molecule has 0 fully saturated rings. The highest BCUT2D eigenvalue weighted by Crippen LogP contribution is 2.19. The first-order valence-electron chi connectivity index (χ1n) is 5.81. The summed E-state index contributed by atoms with van der Waals surface area (Å²) in [4.78, 5) is 12.0. The normalized spacial score (nSPS) is 10.6. The van der Waals surface area contributed by atoms with Gasteiger partial charge in [0, 0.05) is 15.6 Å². The summed E-state index contributed by atoms with van der Waals surface area (Å²) in [5.74, 6) is 0.723. The van der Waals surface area contributed by atoms with E-state index >= 15 is 0 Å². The number of methoxy groups -OCH3 is 1. The Morgan fingerprint density at radius 3 is 2.47 bits per heavy atom. The van der Waals surface area contributed by atoms with E-state index in [-0.39, 0.29) is 5.78 Å². The van der Waals surface area contributed by atoms with Crippen molar-refractivity contribution in [3.63, 3.8) is 0 Å². The molecule has 2 nitrogen and oxygen atoms in total. The molecule has 2 rings (SSSR count). The zero-order valence-electron chi connectivity index (χ0n) is 10.5. The molecule has 0 aliphatic rings. The Kier molecular flexibility index (Phi) is 4.53. The zero-order valence-corrected chi connectivity index (χ0v) is 12.1. The van der Waals surface area contributed by atoms with Crippen LogP contribution in [0.25, 0.3) is 6.08 Å². The van der Waals surface area contributed by atoms with Gasteiger partial charge in [-0.25, -0.2) is 0 Å². The van der Waals surface area contributed by atoms with Crippen LogP contribution < -0.4 is 4.74 Å². The molecule has 0 amide bonds. The van der Waals surface area contributed by atoms with Crippen molar-refractivity contribution in [2.75, 3.05) is 7.11 Å². The van der Waals surface area contributed by atoms with Crippen molar-refractivity contribution in [3.8, 4) is 5.75 Å². The minimum Gasteiger partial charge on any atom is -0.496 e. The molecule has 2 aromatic rings. The van der Waals surface area contributed by atoms with Crippen molar-refractivity contribution in [1.82, 2.24) is 0 Å². The van der Waals surface area contributed by atoms with Gasteiger partial charge in [-0.05, 0) is 42.5 Å². The predicted octanol–water partition coefficient (Wildman–Crippen LogP) is 4.35. The average Bonchev–Trinajstić information content (AvgIpc) is 2.45. The van der Waals surface area contributed by atoms with Gasteiger partial charge in [-0.1, -0.05) is 34.1 Å². The smallest absolute Gasteiger partial charge is 0.185 e. The molecule has 0 spiro atoms. The lowest BCUT2D eigenvalue weighted by molar-refractivity contribution is 0.104. The van der Waals surface area contributed by atoms with Crippen LogP contribution in [0.2, 0.25) is 0 Å². The maximum absolute atomic E-state index is 12.0. The van der Waals surface area contributed by atoms with Gasteiger partial charge in [0.1, 0.15) is 5.75 Å². The molecule has 0 aliphatic heterocycles. The van der Waals surface area contributed by atoms with Crippen LogP contribution in [-0.2, 0) is 0 Å². The molecule has 0 aliphatic carbocycles. The number of ether oxygens (including phenoxy) is 1. The molecule has 19 heavy (non-hydrogen) atoms. The molecular weight excluding hydrogens is 304 g/mol. The standard InChI is InChI=1S/C16H13BrO2/c1-19-16-5-3-2-4-13(16)8-11-15(18)12-6-9-14(17)10-7-12/h2-11H,1H3. The van der Waals surface area contributed by atoms with E-state index in [1.165, 1.54) is 0 Å². The average molecular weight is 317 g/mol. The van der Waals surface area contributed by atoms with E-state index in [1.807, 2.05) is 36.4 Å². The first-order chi connectivity index (χ1) is 9.20. The monoisotopic (exact) mass is 316 g/mol. The summed E-state index contributed by atoms with van der Waals surface area (Å²) in [5, 5.41) is 0. The lowest BCUT2D eigenvalue weighted by Gasteiger charge is -2.03. The number of para-hydroxylation sites is 1. The number of halogens is 1. The number of allylic oxidation sites excluding steroid dienone is 1. The van der Waals surface area contributed by atoms with E-state index < -0.39 is 0 Å². The van der Waals surface area contributed by atoms with Crippen molar-refractivity contribution in [2.45, 2.75) is 0 Å². The maximum atomic E-state index is 12.0. The lowest BCUT2D eigenvalue weighted by Crippen LogP contribution is -1.93. The second kappa shape index (κ2) is 6.34. The Hall–Kier alpha value is -1.87. The molecule has 0 aromatic heterocycles. The SMILES string of the molecule is COc1ccccc1C=CC(=O)c1ccc(Br)cc1. The summed E-state index contributed by atoms with van der Waals surface area (Å²) in [6.07, 6.45) is 3.32. The Labute approximate surface area is 120 Å². The number of ketones is 1. The van der Waals surface area contributed by atoms with E-state index in [1.54, 1.807) is 31.4 Å². The van der Waals surface area contributed by atoms with Gasteiger partial charge in [0.05, 0.1) is 7.11 Å². The van der Waals surface area contributed by atoms with E-state index in [0.29, 0.717) is 5.56 Å². The fraction of sp³-hybridized carbons (Fsp3) is 0.0625. The van der Waals surface area contributed by atoms with Crippen LogP contribution in [0.15, 0.2) is 59.1 Å². The largest absolute Gasteiger partial charge is 0.496 e. The topological polar surface area (TPSA) is 26.3 Å². The van der Waals surface area contributed by atoms with Gasteiger partial charge in [-0.2, -0.15) is 0 Å². The Morgan fingerprint density at radius 1 is 1.11 bits per heavy atom. The summed E-state index contributed by atoms with van der Waals surface area (Å²) in [7, 11) is 1.61. The van der Waals surface area contributed by atoms with E-state index in [9.17, 15) is 4.79 Å². The number of rotatable bonds is 4. The highest BCUT2D eigenvalue weighted by Gasteiger charge is 2.02. The van der Waals surface area contributed by atoms with Crippen molar-refractivity contribution < 1.29 is 9.53 Å². The van der Waals surface area contributed by atoms with E-state index in [0.717, 1.165) is 15.8 Å². The van der Waals surface area contributed by atoms with Crippen LogP contribution >= 0.6 is 15.9 Å². The minimum absolute atomic E-state index is 0.0293. The first-order valence-corrected chi connectivity index (χ1v) is 6.61. The number of carbonyl (C=O) groups excluding carboxylic acids is 1. The molecule has 0 heterocycles. The van der Waals surface area contributed by atoms with Gasteiger partial charge < -0.3 is 4.74 Å². The van der Waals surface area contributed by atoms with Crippen molar-refractivity contribution >= 4 is 27.8 Å². The van der Waals surface area contributed by atoms with Gasteiger partial charge in [0.25, 0.3) is 0 Å². The van der Waals surface area contributed by atoms with Gasteiger partial charge in [0.2, 0.25) is 0 Å².